The molecule has 100 valence electrons. The lowest BCUT2D eigenvalue weighted by Gasteiger charge is -2.13. The van der Waals surface area contributed by atoms with Gasteiger partial charge in [0, 0.05) is 11.6 Å². The molecule has 0 aliphatic carbocycles. The molecule has 5 heteroatoms. The molecular formula is C14H16N2O3. The monoisotopic (exact) mass is 260 g/mol. The lowest BCUT2D eigenvalue weighted by molar-refractivity contribution is -0.139. The van der Waals surface area contributed by atoms with Crippen molar-refractivity contribution < 1.29 is 14.7 Å². The van der Waals surface area contributed by atoms with Crippen LogP contribution in [0.1, 0.15) is 30.1 Å². The summed E-state index contributed by atoms with van der Waals surface area (Å²) in [7, 11) is 0. The molecule has 3 N–H and O–H groups in total. The number of aromatic nitrogens is 1. The van der Waals surface area contributed by atoms with Gasteiger partial charge >= 0.3 is 5.97 Å². The number of para-hydroxylation sites is 1. The average Bonchev–Trinajstić information content (AvgIpc) is 2.85. The topological polar surface area (TPSA) is 82.2 Å². The van der Waals surface area contributed by atoms with Crippen LogP contribution in [0.25, 0.3) is 10.9 Å². The number of hydrogen-bond donors (Lipinski definition) is 3. The predicted molar refractivity (Wildman–Crippen MR) is 72.1 cm³/mol. The van der Waals surface area contributed by atoms with Crippen molar-refractivity contribution in [3.63, 3.8) is 0 Å². The van der Waals surface area contributed by atoms with E-state index in [9.17, 15) is 9.59 Å². The first-order valence-electron chi connectivity index (χ1n) is 6.23. The molecule has 0 saturated heterocycles. The van der Waals surface area contributed by atoms with E-state index in [0.29, 0.717) is 18.4 Å². The van der Waals surface area contributed by atoms with Gasteiger partial charge in [-0.3, -0.25) is 4.79 Å². The number of rotatable bonds is 5. The summed E-state index contributed by atoms with van der Waals surface area (Å²) in [5, 5.41) is 12.5. The molecule has 2 rings (SSSR count). The van der Waals surface area contributed by atoms with Crippen LogP contribution in [0.15, 0.2) is 30.5 Å². The number of fused-ring (bicyclic) bond motifs is 1. The number of aromatic amines is 1. The van der Waals surface area contributed by atoms with Gasteiger partial charge in [0.15, 0.2) is 0 Å². The van der Waals surface area contributed by atoms with Crippen molar-refractivity contribution in [2.24, 2.45) is 0 Å². The quantitative estimate of drug-likeness (QED) is 0.770. The minimum absolute atomic E-state index is 0.367. The molecule has 1 aromatic carbocycles. The zero-order valence-corrected chi connectivity index (χ0v) is 10.6. The second kappa shape index (κ2) is 5.56. The maximum atomic E-state index is 12.2. The second-order valence-electron chi connectivity index (χ2n) is 4.40. The summed E-state index contributed by atoms with van der Waals surface area (Å²) < 4.78 is 0. The van der Waals surface area contributed by atoms with E-state index < -0.39 is 12.0 Å². The first kappa shape index (κ1) is 13.1. The van der Waals surface area contributed by atoms with E-state index in [1.807, 2.05) is 19.1 Å². The summed E-state index contributed by atoms with van der Waals surface area (Å²) in [6.07, 6.45) is 2.87. The third-order valence-corrected chi connectivity index (χ3v) is 3.01. The molecule has 1 atom stereocenters. The Balaban J connectivity index is 2.24. The number of hydrogen-bond acceptors (Lipinski definition) is 2. The Bertz CT molecular complexity index is 604. The Kier molecular flexibility index (Phi) is 3.85. The van der Waals surface area contributed by atoms with Gasteiger partial charge in [0.05, 0.1) is 11.1 Å². The van der Waals surface area contributed by atoms with Crippen LogP contribution in [-0.4, -0.2) is 28.0 Å². The first-order valence-corrected chi connectivity index (χ1v) is 6.23. The standard InChI is InChI=1S/C14H16N2O3/c1-2-4-11(14(18)19)16-13(17)10-6-3-5-9-7-8-15-12(9)10/h3,5-8,11,15H,2,4H2,1H3,(H,16,17)(H,18,19)/t11-/m1/s1. The lowest BCUT2D eigenvalue weighted by atomic mass is 10.1. The third-order valence-electron chi connectivity index (χ3n) is 3.01. The smallest absolute Gasteiger partial charge is 0.326 e. The molecule has 1 amide bonds. The number of carbonyl (C=O) groups is 2. The fourth-order valence-corrected chi connectivity index (χ4v) is 2.06. The van der Waals surface area contributed by atoms with Crippen molar-refractivity contribution in [2.75, 3.05) is 0 Å². The summed E-state index contributed by atoms with van der Waals surface area (Å²) >= 11 is 0. The maximum Gasteiger partial charge on any atom is 0.326 e. The van der Waals surface area contributed by atoms with Crippen LogP contribution in [0.3, 0.4) is 0 Å². The molecule has 0 fully saturated rings. The van der Waals surface area contributed by atoms with Crippen molar-refractivity contribution in [1.82, 2.24) is 10.3 Å². The lowest BCUT2D eigenvalue weighted by Crippen LogP contribution is -2.40. The van der Waals surface area contributed by atoms with Crippen LogP contribution in [0.5, 0.6) is 0 Å². The highest BCUT2D eigenvalue weighted by Crippen LogP contribution is 2.17. The van der Waals surface area contributed by atoms with Crippen molar-refractivity contribution in [3.05, 3.63) is 36.0 Å². The van der Waals surface area contributed by atoms with Crippen LogP contribution >= 0.6 is 0 Å². The molecule has 2 aromatic rings. The molecule has 1 heterocycles. The van der Waals surface area contributed by atoms with Crippen LogP contribution in [-0.2, 0) is 4.79 Å². The zero-order chi connectivity index (χ0) is 13.8. The van der Waals surface area contributed by atoms with Gasteiger partial charge in [-0.15, -0.1) is 0 Å². The molecular weight excluding hydrogens is 244 g/mol. The van der Waals surface area contributed by atoms with E-state index in [2.05, 4.69) is 10.3 Å². The fraction of sp³-hybridized carbons (Fsp3) is 0.286. The molecule has 5 nitrogen and oxygen atoms in total. The summed E-state index contributed by atoms with van der Waals surface area (Å²) in [6, 6.07) is 6.37. The number of benzene rings is 1. The van der Waals surface area contributed by atoms with Crippen molar-refractivity contribution in [3.8, 4) is 0 Å². The number of nitrogens with one attached hydrogen (secondary N) is 2. The highest BCUT2D eigenvalue weighted by atomic mass is 16.4. The average molecular weight is 260 g/mol. The first-order chi connectivity index (χ1) is 9.13. The van der Waals surface area contributed by atoms with Crippen molar-refractivity contribution >= 4 is 22.8 Å². The van der Waals surface area contributed by atoms with Gasteiger partial charge in [0.25, 0.3) is 5.91 Å². The molecule has 0 aliphatic rings. The fourth-order valence-electron chi connectivity index (χ4n) is 2.06. The summed E-state index contributed by atoms with van der Waals surface area (Å²) in [5.74, 6) is -1.37. The third kappa shape index (κ3) is 2.76. The van der Waals surface area contributed by atoms with E-state index in [-0.39, 0.29) is 5.91 Å². The molecule has 0 spiro atoms. The number of H-pyrrole nitrogens is 1. The molecule has 0 unspecified atom stereocenters. The van der Waals surface area contributed by atoms with Gasteiger partial charge in [-0.25, -0.2) is 4.79 Å². The van der Waals surface area contributed by atoms with Gasteiger partial charge in [0.2, 0.25) is 0 Å². The predicted octanol–water partition coefficient (Wildman–Crippen LogP) is 2.15. The van der Waals surface area contributed by atoms with Gasteiger partial charge in [0.1, 0.15) is 6.04 Å². The molecule has 1 aromatic heterocycles. The number of carboxylic acids is 1. The van der Waals surface area contributed by atoms with E-state index >= 15 is 0 Å². The van der Waals surface area contributed by atoms with Crippen LogP contribution in [0, 0.1) is 0 Å². The number of amides is 1. The van der Waals surface area contributed by atoms with Crippen molar-refractivity contribution in [2.45, 2.75) is 25.8 Å². The summed E-state index contributed by atoms with van der Waals surface area (Å²) in [4.78, 5) is 26.2. The van der Waals surface area contributed by atoms with E-state index in [4.69, 9.17) is 5.11 Å². The number of carbonyl (C=O) groups excluding carboxylic acids is 1. The zero-order valence-electron chi connectivity index (χ0n) is 10.6. The number of carboxylic acid groups (broad SMARTS) is 1. The van der Waals surface area contributed by atoms with E-state index in [0.717, 1.165) is 10.9 Å². The Morgan fingerprint density at radius 2 is 2.16 bits per heavy atom. The van der Waals surface area contributed by atoms with Gasteiger partial charge < -0.3 is 15.4 Å². The normalized spacial score (nSPS) is 12.3. The van der Waals surface area contributed by atoms with E-state index in [1.54, 1.807) is 18.3 Å². The Morgan fingerprint density at radius 3 is 2.84 bits per heavy atom. The minimum atomic E-state index is -1.01. The Labute approximate surface area is 110 Å². The summed E-state index contributed by atoms with van der Waals surface area (Å²) in [5.41, 5.74) is 1.19. The van der Waals surface area contributed by atoms with Gasteiger partial charge in [-0.05, 0) is 18.6 Å². The highest BCUT2D eigenvalue weighted by Gasteiger charge is 2.20. The number of aliphatic carboxylic acids is 1. The minimum Gasteiger partial charge on any atom is -0.480 e. The largest absolute Gasteiger partial charge is 0.480 e. The highest BCUT2D eigenvalue weighted by molar-refractivity contribution is 6.06. The van der Waals surface area contributed by atoms with Crippen LogP contribution in [0.2, 0.25) is 0 Å². The van der Waals surface area contributed by atoms with Gasteiger partial charge in [-0.1, -0.05) is 25.5 Å². The van der Waals surface area contributed by atoms with Gasteiger partial charge in [-0.2, -0.15) is 0 Å². The summed E-state index contributed by atoms with van der Waals surface area (Å²) in [6.45, 7) is 1.88. The molecule has 19 heavy (non-hydrogen) atoms. The maximum absolute atomic E-state index is 12.2. The molecule has 0 aliphatic heterocycles. The molecule has 0 radical (unpaired) electrons. The molecule has 0 saturated carbocycles. The molecule has 0 bridgehead atoms. The Morgan fingerprint density at radius 1 is 1.37 bits per heavy atom. The Hall–Kier alpha value is -2.30. The second-order valence-corrected chi connectivity index (χ2v) is 4.40. The van der Waals surface area contributed by atoms with E-state index in [1.165, 1.54) is 0 Å². The SMILES string of the molecule is CCC[C@@H](NC(=O)c1cccc2cc[nH]c12)C(=O)O. The van der Waals surface area contributed by atoms with Crippen LogP contribution in [0.4, 0.5) is 0 Å². The van der Waals surface area contributed by atoms with Crippen molar-refractivity contribution in [1.29, 1.82) is 0 Å². The van der Waals surface area contributed by atoms with Crippen LogP contribution < -0.4 is 5.32 Å².